The van der Waals surface area contributed by atoms with E-state index in [2.05, 4.69) is 6.58 Å². The number of carboxylic acids is 1. The van der Waals surface area contributed by atoms with E-state index in [1.165, 1.54) is 0 Å². The summed E-state index contributed by atoms with van der Waals surface area (Å²) >= 11 is 0. The maximum Gasteiger partial charge on any atom is 0.333 e. The molecule has 0 aliphatic carbocycles. The van der Waals surface area contributed by atoms with Crippen LogP contribution in [0.25, 0.3) is 6.08 Å². The Hall–Kier alpha value is -3.05. The summed E-state index contributed by atoms with van der Waals surface area (Å²) in [5.41, 5.74) is 1.95. The van der Waals surface area contributed by atoms with Gasteiger partial charge in [0.05, 0.1) is 0 Å². The van der Waals surface area contributed by atoms with Gasteiger partial charge in [-0.3, -0.25) is 0 Å². The first-order valence-electron chi connectivity index (χ1n) is 9.18. The Kier molecular flexibility index (Phi) is 8.82. The van der Waals surface area contributed by atoms with Gasteiger partial charge in [0.1, 0.15) is 24.7 Å². The summed E-state index contributed by atoms with van der Waals surface area (Å²) in [5, 5.41) is 9.14. The van der Waals surface area contributed by atoms with E-state index >= 15 is 0 Å². The molecule has 0 saturated heterocycles. The van der Waals surface area contributed by atoms with Crippen LogP contribution in [-0.4, -0.2) is 37.0 Å². The Labute approximate surface area is 165 Å². The van der Waals surface area contributed by atoms with Crippen LogP contribution in [0.2, 0.25) is 0 Å². The minimum absolute atomic E-state index is 0.329. The molecule has 0 aliphatic heterocycles. The van der Waals surface area contributed by atoms with Crippen LogP contribution in [-0.2, 0) is 16.0 Å². The van der Waals surface area contributed by atoms with E-state index < -0.39 is 12.1 Å². The number of rotatable bonds is 12. The van der Waals surface area contributed by atoms with Gasteiger partial charge in [0, 0.05) is 13.0 Å². The molecule has 148 valence electrons. The third kappa shape index (κ3) is 7.29. The van der Waals surface area contributed by atoms with E-state index in [1.807, 2.05) is 60.7 Å². The number of carboxylic acid groups (broad SMARTS) is 1. The van der Waals surface area contributed by atoms with Gasteiger partial charge in [-0.05, 0) is 48.4 Å². The van der Waals surface area contributed by atoms with Crippen molar-refractivity contribution in [3.63, 3.8) is 0 Å². The van der Waals surface area contributed by atoms with Crippen molar-refractivity contribution < 1.29 is 24.1 Å². The van der Waals surface area contributed by atoms with Gasteiger partial charge in [0.15, 0.2) is 6.10 Å². The fourth-order valence-corrected chi connectivity index (χ4v) is 2.51. The molecule has 5 heteroatoms. The minimum atomic E-state index is -0.951. The van der Waals surface area contributed by atoms with Crippen LogP contribution in [0.3, 0.4) is 0 Å². The molecule has 28 heavy (non-hydrogen) atoms. The molecule has 0 aromatic heterocycles. The largest absolute Gasteiger partial charge is 0.490 e. The highest BCUT2D eigenvalue weighted by atomic mass is 16.5. The molecule has 2 aromatic carbocycles. The van der Waals surface area contributed by atoms with Crippen molar-refractivity contribution in [1.82, 2.24) is 0 Å². The maximum absolute atomic E-state index is 11.1. The lowest BCUT2D eigenvalue weighted by atomic mass is 10.1. The molecule has 0 saturated carbocycles. The lowest BCUT2D eigenvalue weighted by Gasteiger charge is -2.12. The first kappa shape index (κ1) is 21.3. The summed E-state index contributed by atoms with van der Waals surface area (Å²) in [4.78, 5) is 11.1. The molecular weight excluding hydrogens is 356 g/mol. The van der Waals surface area contributed by atoms with E-state index in [4.69, 9.17) is 19.3 Å². The zero-order valence-electron chi connectivity index (χ0n) is 16.0. The molecule has 0 radical (unpaired) electrons. The molecule has 0 fully saturated rings. The highest BCUT2D eigenvalue weighted by Crippen LogP contribution is 2.16. The zero-order chi connectivity index (χ0) is 20.2. The molecule has 2 rings (SSSR count). The van der Waals surface area contributed by atoms with Gasteiger partial charge in [-0.2, -0.15) is 0 Å². The molecule has 0 aliphatic rings. The molecule has 0 amide bonds. The van der Waals surface area contributed by atoms with Crippen LogP contribution in [0, 0.1) is 0 Å². The second kappa shape index (κ2) is 11.6. The van der Waals surface area contributed by atoms with E-state index in [0.29, 0.717) is 26.2 Å². The second-order valence-corrected chi connectivity index (χ2v) is 6.01. The Morgan fingerprint density at radius 3 is 2.21 bits per heavy atom. The molecule has 0 bridgehead atoms. The molecule has 0 heterocycles. The smallest absolute Gasteiger partial charge is 0.333 e. The zero-order valence-corrected chi connectivity index (χ0v) is 16.0. The summed E-state index contributed by atoms with van der Waals surface area (Å²) < 4.78 is 16.4. The number of aliphatic carboxylic acids is 1. The van der Waals surface area contributed by atoms with E-state index in [1.54, 1.807) is 13.0 Å². The van der Waals surface area contributed by atoms with Crippen molar-refractivity contribution in [2.24, 2.45) is 0 Å². The topological polar surface area (TPSA) is 65.0 Å². The Morgan fingerprint density at radius 2 is 1.64 bits per heavy atom. The van der Waals surface area contributed by atoms with E-state index in [0.717, 1.165) is 22.6 Å². The lowest BCUT2D eigenvalue weighted by Crippen LogP contribution is -2.26. The first-order chi connectivity index (χ1) is 13.6. The fourth-order valence-electron chi connectivity index (χ4n) is 2.51. The van der Waals surface area contributed by atoms with Gasteiger partial charge in [-0.15, -0.1) is 0 Å². The maximum atomic E-state index is 11.1. The van der Waals surface area contributed by atoms with E-state index in [-0.39, 0.29) is 0 Å². The number of hydrogen-bond acceptors (Lipinski definition) is 4. The van der Waals surface area contributed by atoms with Crippen molar-refractivity contribution in [3.8, 4) is 11.5 Å². The van der Waals surface area contributed by atoms with Gasteiger partial charge in [0.25, 0.3) is 0 Å². The number of carbonyl (C=O) groups is 1. The summed E-state index contributed by atoms with van der Waals surface area (Å²) in [6, 6.07) is 15.2. The Morgan fingerprint density at radius 1 is 1.04 bits per heavy atom. The molecule has 0 spiro atoms. The van der Waals surface area contributed by atoms with Crippen LogP contribution in [0.5, 0.6) is 11.5 Å². The monoisotopic (exact) mass is 382 g/mol. The number of benzene rings is 2. The van der Waals surface area contributed by atoms with Gasteiger partial charge in [-0.1, -0.05) is 43.0 Å². The first-order valence-corrected chi connectivity index (χ1v) is 9.18. The van der Waals surface area contributed by atoms with Crippen molar-refractivity contribution in [3.05, 3.63) is 78.4 Å². The predicted octanol–water partition coefficient (Wildman–Crippen LogP) is 4.38. The highest BCUT2D eigenvalue weighted by Gasteiger charge is 2.17. The van der Waals surface area contributed by atoms with Crippen LogP contribution in [0.1, 0.15) is 18.1 Å². The molecule has 1 N–H and O–H groups in total. The normalized spacial score (nSPS) is 11.9. The molecule has 0 unspecified atom stereocenters. The molecule has 5 nitrogen and oxygen atoms in total. The molecular formula is C23H26O5. The van der Waals surface area contributed by atoms with Crippen molar-refractivity contribution in [1.29, 1.82) is 0 Å². The fraction of sp³-hybridized carbons (Fsp3) is 0.261. The standard InChI is InChI=1S/C23H26O5/c1-3-15-27-20-11-7-18(8-12-20)6-5-16-28-21-13-9-19(10-14-21)17-22(23(24)25)26-4-2/h3,5-14,22H,1,4,15-17H2,2H3,(H,24,25)/b6-5+/t22-/m0/s1. The van der Waals surface area contributed by atoms with E-state index in [9.17, 15) is 4.79 Å². The van der Waals surface area contributed by atoms with Crippen LogP contribution < -0.4 is 9.47 Å². The summed E-state index contributed by atoms with van der Waals surface area (Å²) in [7, 11) is 0. The second-order valence-electron chi connectivity index (χ2n) is 6.01. The SMILES string of the molecule is C=CCOc1ccc(/C=C/COc2ccc(C[C@H](OCC)C(=O)O)cc2)cc1. The van der Waals surface area contributed by atoms with Gasteiger partial charge < -0.3 is 19.3 Å². The number of ether oxygens (including phenoxy) is 3. The minimum Gasteiger partial charge on any atom is -0.490 e. The van der Waals surface area contributed by atoms with Crippen LogP contribution in [0.4, 0.5) is 0 Å². The van der Waals surface area contributed by atoms with Crippen LogP contribution in [0.15, 0.2) is 67.3 Å². The van der Waals surface area contributed by atoms with Crippen molar-refractivity contribution >= 4 is 12.0 Å². The third-order valence-corrected chi connectivity index (χ3v) is 3.89. The van der Waals surface area contributed by atoms with Crippen molar-refractivity contribution in [2.45, 2.75) is 19.4 Å². The molecule has 2 aromatic rings. The summed E-state index contributed by atoms with van der Waals surface area (Å²) in [6.45, 7) is 6.70. The summed E-state index contributed by atoms with van der Waals surface area (Å²) in [6.07, 6.45) is 5.12. The average Bonchev–Trinajstić information content (AvgIpc) is 2.71. The highest BCUT2D eigenvalue weighted by molar-refractivity contribution is 5.72. The lowest BCUT2D eigenvalue weighted by molar-refractivity contribution is -0.149. The average molecular weight is 382 g/mol. The predicted molar refractivity (Wildman–Crippen MR) is 110 cm³/mol. The quantitative estimate of drug-likeness (QED) is 0.552. The summed E-state index contributed by atoms with van der Waals surface area (Å²) in [5.74, 6) is 0.584. The van der Waals surface area contributed by atoms with Crippen molar-refractivity contribution in [2.75, 3.05) is 19.8 Å². The van der Waals surface area contributed by atoms with Gasteiger partial charge in [-0.25, -0.2) is 4.79 Å². The van der Waals surface area contributed by atoms with Gasteiger partial charge in [0.2, 0.25) is 0 Å². The third-order valence-electron chi connectivity index (χ3n) is 3.89. The van der Waals surface area contributed by atoms with Gasteiger partial charge >= 0.3 is 5.97 Å². The van der Waals surface area contributed by atoms with Crippen LogP contribution >= 0.6 is 0 Å². The molecule has 1 atom stereocenters. The Balaban J connectivity index is 1.80. The number of hydrogen-bond donors (Lipinski definition) is 1. The Bertz CT molecular complexity index is 763.